The van der Waals surface area contributed by atoms with Gasteiger partial charge in [-0.3, -0.25) is 10.1 Å². The van der Waals surface area contributed by atoms with E-state index < -0.39 is 11.8 Å². The van der Waals surface area contributed by atoms with Crippen molar-refractivity contribution in [2.75, 3.05) is 0 Å². The Morgan fingerprint density at radius 3 is 2.12 bits per heavy atom. The van der Waals surface area contributed by atoms with E-state index >= 15 is 0 Å². The number of Topliss-reactive ketones (excluding diaryl/α,β-unsaturated/α-hetero) is 1. The first kappa shape index (κ1) is 19.3. The molecule has 0 amide bonds. The van der Waals surface area contributed by atoms with Crippen LogP contribution in [0.25, 0.3) is 0 Å². The summed E-state index contributed by atoms with van der Waals surface area (Å²) in [4.78, 5) is 12.1. The number of nitrogens with zero attached hydrogens (tertiary/aromatic N) is 1. The van der Waals surface area contributed by atoms with Gasteiger partial charge in [-0.05, 0) is 47.7 Å². The molecule has 0 aromatic heterocycles. The third kappa shape index (κ3) is 5.48. The van der Waals surface area contributed by atoms with Crippen molar-refractivity contribution in [1.29, 1.82) is 5.26 Å². The first-order chi connectivity index (χ1) is 11.9. The Bertz CT molecular complexity index is 705. The molecule has 130 valence electrons. The number of halogens is 2. The number of carbonyl (C=O) groups is 1. The highest BCUT2D eigenvalue weighted by Gasteiger charge is 2.25. The van der Waals surface area contributed by atoms with Crippen LogP contribution in [0, 0.1) is 23.1 Å². The Kier molecular flexibility index (Phi) is 6.86. The van der Waals surface area contributed by atoms with Gasteiger partial charge in [0.05, 0.1) is 12.1 Å². The van der Waals surface area contributed by atoms with Gasteiger partial charge < -0.3 is 0 Å². The molecule has 0 saturated heterocycles. The third-order valence-corrected chi connectivity index (χ3v) is 4.44. The van der Waals surface area contributed by atoms with E-state index in [1.54, 1.807) is 18.2 Å². The lowest BCUT2D eigenvalue weighted by atomic mass is 9.94. The molecule has 0 aliphatic heterocycles. The second kappa shape index (κ2) is 8.89. The van der Waals surface area contributed by atoms with Crippen molar-refractivity contribution in [3.8, 4) is 6.07 Å². The first-order valence-corrected chi connectivity index (χ1v) is 8.91. The average molecular weight is 403 g/mol. The van der Waals surface area contributed by atoms with Gasteiger partial charge in [-0.1, -0.05) is 54.0 Å². The Balaban J connectivity index is 2.39. The molecular formula is C20H20BrFN2O. The molecule has 5 heteroatoms. The number of nitrogens with one attached hydrogen (secondary N) is 1. The second-order valence-corrected chi connectivity index (χ2v) is 7.28. The number of benzene rings is 2. The van der Waals surface area contributed by atoms with Gasteiger partial charge in [0.1, 0.15) is 11.9 Å². The summed E-state index contributed by atoms with van der Waals surface area (Å²) in [5.74, 6) is -0.545. The van der Waals surface area contributed by atoms with Crippen LogP contribution in [0.3, 0.4) is 0 Å². The van der Waals surface area contributed by atoms with E-state index in [1.165, 1.54) is 12.1 Å². The summed E-state index contributed by atoms with van der Waals surface area (Å²) in [5, 5.41) is 12.3. The highest BCUT2D eigenvalue weighted by atomic mass is 79.9. The molecule has 0 radical (unpaired) electrons. The smallest absolute Gasteiger partial charge is 0.248 e. The molecule has 25 heavy (non-hydrogen) atoms. The lowest BCUT2D eigenvalue weighted by molar-refractivity contribution is -0.116. The van der Waals surface area contributed by atoms with Crippen molar-refractivity contribution in [2.45, 2.75) is 32.4 Å². The molecule has 2 aromatic rings. The zero-order valence-electron chi connectivity index (χ0n) is 14.2. The van der Waals surface area contributed by atoms with Crippen LogP contribution in [0.4, 0.5) is 4.39 Å². The summed E-state index contributed by atoms with van der Waals surface area (Å²) in [6, 6.07) is 14.7. The van der Waals surface area contributed by atoms with Gasteiger partial charge >= 0.3 is 0 Å². The van der Waals surface area contributed by atoms with Gasteiger partial charge in [0.15, 0.2) is 0 Å². The van der Waals surface area contributed by atoms with Crippen molar-refractivity contribution in [3.05, 3.63) is 69.9 Å². The quantitative estimate of drug-likeness (QED) is 0.678. The Morgan fingerprint density at radius 1 is 1.12 bits per heavy atom. The molecule has 1 N–H and O–H groups in total. The summed E-state index contributed by atoms with van der Waals surface area (Å²) in [5.41, 5.74) is 1.78. The third-order valence-electron chi connectivity index (χ3n) is 3.91. The number of ketones is 1. The molecule has 3 nitrogen and oxygen atoms in total. The zero-order chi connectivity index (χ0) is 18.4. The van der Waals surface area contributed by atoms with E-state index in [4.69, 9.17) is 5.26 Å². The monoisotopic (exact) mass is 402 g/mol. The molecule has 0 saturated carbocycles. The normalized spacial score (nSPS) is 13.3. The van der Waals surface area contributed by atoms with Gasteiger partial charge in [-0.25, -0.2) is 4.39 Å². The lowest BCUT2D eigenvalue weighted by Crippen LogP contribution is -2.40. The fraction of sp³-hybridized carbons (Fsp3) is 0.300. The Morgan fingerprint density at radius 2 is 1.64 bits per heavy atom. The predicted octanol–water partition coefficient (Wildman–Crippen LogP) is 4.77. The number of nitriles is 1. The van der Waals surface area contributed by atoms with Crippen LogP contribution >= 0.6 is 15.9 Å². The number of rotatable bonds is 7. The van der Waals surface area contributed by atoms with Crippen molar-refractivity contribution in [3.63, 3.8) is 0 Å². The first-order valence-electron chi connectivity index (χ1n) is 8.11. The minimum Gasteiger partial charge on any atom is -0.296 e. The predicted molar refractivity (Wildman–Crippen MR) is 99.4 cm³/mol. The highest BCUT2D eigenvalue weighted by Crippen LogP contribution is 2.25. The van der Waals surface area contributed by atoms with E-state index in [-0.39, 0.29) is 17.8 Å². The van der Waals surface area contributed by atoms with Crippen molar-refractivity contribution in [2.24, 2.45) is 5.92 Å². The van der Waals surface area contributed by atoms with E-state index in [0.717, 1.165) is 15.6 Å². The highest BCUT2D eigenvalue weighted by molar-refractivity contribution is 9.10. The van der Waals surface area contributed by atoms with Gasteiger partial charge in [-0.2, -0.15) is 5.26 Å². The molecule has 0 heterocycles. The molecule has 0 unspecified atom stereocenters. The van der Waals surface area contributed by atoms with Crippen LogP contribution in [-0.4, -0.2) is 11.8 Å². The van der Waals surface area contributed by atoms with Crippen LogP contribution in [0.15, 0.2) is 53.0 Å². The van der Waals surface area contributed by atoms with Crippen LogP contribution in [0.1, 0.15) is 37.4 Å². The van der Waals surface area contributed by atoms with Gasteiger partial charge in [0.2, 0.25) is 5.78 Å². The Labute approximate surface area is 156 Å². The summed E-state index contributed by atoms with van der Waals surface area (Å²) >= 11 is 3.41. The average Bonchev–Trinajstić information content (AvgIpc) is 2.59. The van der Waals surface area contributed by atoms with E-state index in [1.807, 2.05) is 38.1 Å². The number of hydrogen-bond acceptors (Lipinski definition) is 3. The molecule has 0 bridgehead atoms. The molecule has 0 spiro atoms. The van der Waals surface area contributed by atoms with Crippen molar-refractivity contribution in [1.82, 2.24) is 5.32 Å². The maximum atomic E-state index is 13.3. The molecule has 0 aliphatic rings. The van der Waals surface area contributed by atoms with Crippen molar-refractivity contribution >= 4 is 21.7 Å². The molecule has 2 aromatic carbocycles. The molecule has 2 rings (SSSR count). The fourth-order valence-corrected chi connectivity index (χ4v) is 2.96. The number of hydrogen-bond donors (Lipinski definition) is 1. The van der Waals surface area contributed by atoms with Gasteiger partial charge in [-0.15, -0.1) is 0 Å². The van der Waals surface area contributed by atoms with Crippen LogP contribution in [0.2, 0.25) is 0 Å². The second-order valence-electron chi connectivity index (χ2n) is 6.36. The summed E-state index contributed by atoms with van der Waals surface area (Å²) < 4.78 is 14.2. The number of carbonyl (C=O) groups excluding carboxylic acids is 1. The largest absolute Gasteiger partial charge is 0.296 e. The summed E-state index contributed by atoms with van der Waals surface area (Å²) in [7, 11) is 0. The van der Waals surface area contributed by atoms with E-state index in [9.17, 15) is 9.18 Å². The van der Waals surface area contributed by atoms with Crippen LogP contribution in [-0.2, 0) is 4.79 Å². The van der Waals surface area contributed by atoms with E-state index in [2.05, 4.69) is 21.2 Å². The minimum atomic E-state index is -0.580. The SMILES string of the molecule is CC(C)C[C@H](N[C@H](c1ccc(F)cc1)c1ccc(Br)cc1)C(=O)C#N. The Hall–Kier alpha value is -2.03. The van der Waals surface area contributed by atoms with Crippen LogP contribution in [0.5, 0.6) is 0 Å². The van der Waals surface area contributed by atoms with Gasteiger partial charge in [0, 0.05) is 4.47 Å². The molecule has 2 atom stereocenters. The maximum absolute atomic E-state index is 13.3. The molecule has 0 fully saturated rings. The van der Waals surface area contributed by atoms with Crippen LogP contribution < -0.4 is 5.32 Å². The summed E-state index contributed by atoms with van der Waals surface area (Å²) in [6.07, 6.45) is 0.556. The molecule has 0 aliphatic carbocycles. The lowest BCUT2D eigenvalue weighted by Gasteiger charge is -2.25. The minimum absolute atomic E-state index is 0.258. The maximum Gasteiger partial charge on any atom is 0.248 e. The molecular weight excluding hydrogens is 383 g/mol. The van der Waals surface area contributed by atoms with Gasteiger partial charge in [0.25, 0.3) is 0 Å². The van der Waals surface area contributed by atoms with Crippen molar-refractivity contribution < 1.29 is 9.18 Å². The van der Waals surface area contributed by atoms with E-state index in [0.29, 0.717) is 6.42 Å². The zero-order valence-corrected chi connectivity index (χ0v) is 15.8. The fourth-order valence-electron chi connectivity index (χ4n) is 2.70. The standard InChI is InChI=1S/C20H20BrFN2O/c1-13(2)11-18(19(25)12-23)24-20(14-3-7-16(21)8-4-14)15-5-9-17(22)10-6-15/h3-10,13,18,20,24H,11H2,1-2H3/t18-,20-/m0/s1. The topological polar surface area (TPSA) is 52.9 Å². The summed E-state index contributed by atoms with van der Waals surface area (Å²) in [6.45, 7) is 4.01.